The molecule has 1 aromatic carbocycles. The molecule has 0 radical (unpaired) electrons. The summed E-state index contributed by atoms with van der Waals surface area (Å²) in [5, 5.41) is 10.6. The molecule has 1 aliphatic heterocycles. The smallest absolute Gasteiger partial charge is 0.191 e. The van der Waals surface area contributed by atoms with Crippen molar-refractivity contribution >= 4 is 29.4 Å². The first-order valence-corrected chi connectivity index (χ1v) is 10.3. The van der Waals surface area contributed by atoms with Crippen molar-refractivity contribution in [2.45, 2.75) is 23.9 Å². The lowest BCUT2D eigenvalue weighted by Crippen LogP contribution is -2.36. The molecule has 138 valence electrons. The molecule has 1 aliphatic rings. The molecular formula is C20H25ClN4S. The second kappa shape index (κ2) is 9.40. The predicted octanol–water partition coefficient (Wildman–Crippen LogP) is 4.55. The number of halogens is 1. The second-order valence-corrected chi connectivity index (χ2v) is 8.05. The molecule has 1 saturated heterocycles. The van der Waals surface area contributed by atoms with Gasteiger partial charge in [-0.05, 0) is 31.0 Å². The Kier molecular flexibility index (Phi) is 6.94. The minimum absolute atomic E-state index is 0.403. The monoisotopic (exact) mass is 388 g/mol. The Labute approximate surface area is 164 Å². The van der Waals surface area contributed by atoms with Gasteiger partial charge in [-0.2, -0.15) is 0 Å². The van der Waals surface area contributed by atoms with Crippen molar-refractivity contribution in [1.29, 1.82) is 0 Å². The van der Waals surface area contributed by atoms with E-state index < -0.39 is 0 Å². The summed E-state index contributed by atoms with van der Waals surface area (Å²) >= 11 is 8.18. The zero-order valence-corrected chi connectivity index (χ0v) is 16.7. The summed E-state index contributed by atoms with van der Waals surface area (Å²) < 4.78 is 2.13. The molecule has 2 heterocycles. The third kappa shape index (κ3) is 5.00. The highest BCUT2D eigenvalue weighted by atomic mass is 35.5. The number of aromatic nitrogens is 3. The minimum atomic E-state index is 0.403. The van der Waals surface area contributed by atoms with E-state index in [2.05, 4.69) is 51.5 Å². The SMILES string of the molecule is C=CCSc1nnc([C@@H]2CCCN(C/C(Cl)=C/c3ccccc3)C2)n1C. The number of thioether (sulfide) groups is 1. The van der Waals surface area contributed by atoms with Gasteiger partial charge in [0.05, 0.1) is 0 Å². The molecule has 0 amide bonds. The van der Waals surface area contributed by atoms with Crippen molar-refractivity contribution in [3.63, 3.8) is 0 Å². The standard InChI is InChI=1S/C20H25ClN4S/c1-3-12-26-20-23-22-19(24(20)2)17-10-7-11-25(14-17)15-18(21)13-16-8-5-4-6-9-16/h3-6,8-9,13,17H,1,7,10-12,14-15H2,2H3/b18-13-/t17-/m1/s1. The van der Waals surface area contributed by atoms with Crippen LogP contribution in [0.4, 0.5) is 0 Å². The van der Waals surface area contributed by atoms with E-state index in [4.69, 9.17) is 11.6 Å². The normalized spacial score (nSPS) is 18.8. The van der Waals surface area contributed by atoms with E-state index in [0.717, 1.165) is 59.8 Å². The maximum Gasteiger partial charge on any atom is 0.191 e. The fourth-order valence-corrected chi connectivity index (χ4v) is 4.29. The van der Waals surface area contributed by atoms with Gasteiger partial charge in [0.1, 0.15) is 5.82 Å². The average Bonchev–Trinajstić information content (AvgIpc) is 3.01. The van der Waals surface area contributed by atoms with Gasteiger partial charge in [0.15, 0.2) is 5.16 Å². The number of piperidine rings is 1. The van der Waals surface area contributed by atoms with E-state index in [-0.39, 0.29) is 0 Å². The highest BCUT2D eigenvalue weighted by Crippen LogP contribution is 2.28. The molecule has 1 atom stereocenters. The molecule has 0 N–H and O–H groups in total. The van der Waals surface area contributed by atoms with E-state index in [1.54, 1.807) is 11.8 Å². The molecule has 0 saturated carbocycles. The first kappa shape index (κ1) is 19.2. The van der Waals surface area contributed by atoms with Crippen molar-refractivity contribution in [2.75, 3.05) is 25.4 Å². The Balaban J connectivity index is 1.63. The summed E-state index contributed by atoms with van der Waals surface area (Å²) in [6, 6.07) is 10.2. The first-order valence-electron chi connectivity index (χ1n) is 8.94. The molecule has 3 rings (SSSR count). The van der Waals surface area contributed by atoms with Gasteiger partial charge >= 0.3 is 0 Å². The fourth-order valence-electron chi connectivity index (χ4n) is 3.34. The summed E-state index contributed by atoms with van der Waals surface area (Å²) in [6.45, 7) is 6.59. The number of rotatable bonds is 7. The summed E-state index contributed by atoms with van der Waals surface area (Å²) in [5.74, 6) is 2.33. The maximum atomic E-state index is 6.51. The second-order valence-electron chi connectivity index (χ2n) is 6.58. The number of nitrogens with zero attached hydrogens (tertiary/aromatic N) is 4. The lowest BCUT2D eigenvalue weighted by atomic mass is 9.97. The lowest BCUT2D eigenvalue weighted by Gasteiger charge is -2.32. The number of hydrogen-bond acceptors (Lipinski definition) is 4. The number of likely N-dealkylation sites (tertiary alicyclic amines) is 1. The highest BCUT2D eigenvalue weighted by molar-refractivity contribution is 7.99. The molecule has 1 aromatic heterocycles. The van der Waals surface area contributed by atoms with Crippen LogP contribution in [-0.4, -0.2) is 45.1 Å². The average molecular weight is 389 g/mol. The molecule has 0 bridgehead atoms. The fraction of sp³-hybridized carbons (Fsp3) is 0.400. The van der Waals surface area contributed by atoms with Gasteiger partial charge in [0, 0.05) is 36.8 Å². The van der Waals surface area contributed by atoms with Crippen molar-refractivity contribution in [3.05, 3.63) is 59.4 Å². The molecular weight excluding hydrogens is 364 g/mol. The van der Waals surface area contributed by atoms with Gasteiger partial charge in [-0.3, -0.25) is 4.90 Å². The Morgan fingerprint density at radius 2 is 2.15 bits per heavy atom. The van der Waals surface area contributed by atoms with E-state index in [1.807, 2.05) is 24.3 Å². The van der Waals surface area contributed by atoms with E-state index in [9.17, 15) is 0 Å². The first-order chi connectivity index (χ1) is 12.7. The van der Waals surface area contributed by atoms with Gasteiger partial charge in [-0.1, -0.05) is 59.8 Å². The summed E-state index contributed by atoms with van der Waals surface area (Å²) in [5.41, 5.74) is 1.14. The van der Waals surface area contributed by atoms with E-state index >= 15 is 0 Å². The highest BCUT2D eigenvalue weighted by Gasteiger charge is 2.26. The van der Waals surface area contributed by atoms with Crippen molar-refractivity contribution in [3.8, 4) is 0 Å². The van der Waals surface area contributed by atoms with E-state index in [0.29, 0.717) is 5.92 Å². The van der Waals surface area contributed by atoms with Gasteiger partial charge < -0.3 is 4.57 Å². The van der Waals surface area contributed by atoms with Crippen LogP contribution in [0, 0.1) is 0 Å². The van der Waals surface area contributed by atoms with Gasteiger partial charge in [0.2, 0.25) is 0 Å². The predicted molar refractivity (Wildman–Crippen MR) is 111 cm³/mol. The summed E-state index contributed by atoms with van der Waals surface area (Å²) in [6.07, 6.45) is 6.25. The number of benzene rings is 1. The lowest BCUT2D eigenvalue weighted by molar-refractivity contribution is 0.220. The molecule has 0 unspecified atom stereocenters. The van der Waals surface area contributed by atoms with Crippen molar-refractivity contribution in [1.82, 2.24) is 19.7 Å². The van der Waals surface area contributed by atoms with Crippen molar-refractivity contribution < 1.29 is 0 Å². The van der Waals surface area contributed by atoms with Gasteiger partial charge in [0.25, 0.3) is 0 Å². The third-order valence-corrected chi connectivity index (χ3v) is 5.81. The largest absolute Gasteiger partial charge is 0.309 e. The van der Waals surface area contributed by atoms with Crippen LogP contribution < -0.4 is 0 Å². The van der Waals surface area contributed by atoms with Crippen LogP contribution in [-0.2, 0) is 7.05 Å². The van der Waals surface area contributed by atoms with Crippen LogP contribution in [0.25, 0.3) is 6.08 Å². The zero-order chi connectivity index (χ0) is 18.4. The molecule has 1 fully saturated rings. The third-order valence-electron chi connectivity index (χ3n) is 4.57. The summed E-state index contributed by atoms with van der Waals surface area (Å²) in [7, 11) is 2.06. The van der Waals surface area contributed by atoms with Gasteiger partial charge in [-0.15, -0.1) is 16.8 Å². The van der Waals surface area contributed by atoms with Gasteiger partial charge in [-0.25, -0.2) is 0 Å². The molecule has 6 heteroatoms. The molecule has 0 spiro atoms. The minimum Gasteiger partial charge on any atom is -0.309 e. The van der Waals surface area contributed by atoms with Crippen LogP contribution in [0.2, 0.25) is 0 Å². The number of hydrogen-bond donors (Lipinski definition) is 0. The molecule has 2 aromatic rings. The topological polar surface area (TPSA) is 34.0 Å². The maximum absolute atomic E-state index is 6.51. The molecule has 4 nitrogen and oxygen atoms in total. The summed E-state index contributed by atoms with van der Waals surface area (Å²) in [4.78, 5) is 2.42. The van der Waals surface area contributed by atoms with Crippen LogP contribution in [0.5, 0.6) is 0 Å². The van der Waals surface area contributed by atoms with Crippen LogP contribution in [0.1, 0.15) is 30.1 Å². The Bertz CT molecular complexity index is 756. The van der Waals surface area contributed by atoms with Crippen LogP contribution >= 0.6 is 23.4 Å². The quantitative estimate of drug-likeness (QED) is 0.514. The molecule has 0 aliphatic carbocycles. The molecule has 26 heavy (non-hydrogen) atoms. The Morgan fingerprint density at radius 3 is 2.92 bits per heavy atom. The Hall–Kier alpha value is -1.56. The Morgan fingerprint density at radius 1 is 1.35 bits per heavy atom. The van der Waals surface area contributed by atoms with E-state index in [1.165, 1.54) is 0 Å². The van der Waals surface area contributed by atoms with Crippen LogP contribution in [0.15, 0.2) is 53.2 Å². The zero-order valence-electron chi connectivity index (χ0n) is 15.1. The van der Waals surface area contributed by atoms with Crippen molar-refractivity contribution in [2.24, 2.45) is 7.05 Å². The van der Waals surface area contributed by atoms with Crippen LogP contribution in [0.3, 0.4) is 0 Å².